The molecule has 0 radical (unpaired) electrons. The molecule has 2 heterocycles. The summed E-state index contributed by atoms with van der Waals surface area (Å²) in [7, 11) is 1.67. The summed E-state index contributed by atoms with van der Waals surface area (Å²) in [4.78, 5) is 33.3. The number of ether oxygens (including phenoxy) is 1. The summed E-state index contributed by atoms with van der Waals surface area (Å²) in [6.45, 7) is 13.0. The molecule has 2 amide bonds. The number of amides is 2. The van der Waals surface area contributed by atoms with Crippen molar-refractivity contribution < 1.29 is 23.6 Å². The molecule has 0 aromatic heterocycles. The van der Waals surface area contributed by atoms with Gasteiger partial charge in [0.15, 0.2) is 11.6 Å². The van der Waals surface area contributed by atoms with Crippen LogP contribution in [0.4, 0.5) is 9.18 Å². The Bertz CT molecular complexity index is 998. The third-order valence-electron chi connectivity index (χ3n) is 5.59. The number of fused-ring (bicyclic) bond motifs is 2. The summed E-state index contributed by atoms with van der Waals surface area (Å²) in [5.41, 5.74) is 1.85. The van der Waals surface area contributed by atoms with Gasteiger partial charge in [0, 0.05) is 18.9 Å². The fraction of sp³-hybridized carbons (Fsp3) is 0.520. The van der Waals surface area contributed by atoms with Gasteiger partial charge >= 0.3 is 6.09 Å². The Kier molecular flexibility index (Phi) is 6.77. The number of rotatable bonds is 5. The average Bonchev–Trinajstić information content (AvgIpc) is 2.68. The molecule has 0 aromatic carbocycles. The molecule has 2 atom stereocenters. The van der Waals surface area contributed by atoms with E-state index in [2.05, 4.69) is 5.32 Å². The van der Waals surface area contributed by atoms with Crippen molar-refractivity contribution in [3.05, 3.63) is 58.4 Å². The third-order valence-corrected chi connectivity index (χ3v) is 5.59. The van der Waals surface area contributed by atoms with Gasteiger partial charge < -0.3 is 19.8 Å². The molecule has 1 unspecified atom stereocenters. The monoisotopic (exact) mass is 459 g/mol. The standard InChI is InChI=1S/C25H34FN3O4/c1-14(2)11-15(3)29(24(31)32-25(5,6)7)33-21-13-20-18(12-19(21)26)17-9-10-27-16(4)22(17)23(30)28(20)8/h9-10,12-15,20,27H,11H2,1-8H3/t15-,20?/m0/s1. The first kappa shape index (κ1) is 24.6. The average molecular weight is 460 g/mol. The smallest absolute Gasteiger partial charge is 0.442 e. The van der Waals surface area contributed by atoms with Crippen LogP contribution in [0.15, 0.2) is 58.4 Å². The topological polar surface area (TPSA) is 71.1 Å². The predicted octanol–water partition coefficient (Wildman–Crippen LogP) is 4.87. The zero-order valence-corrected chi connectivity index (χ0v) is 20.7. The summed E-state index contributed by atoms with van der Waals surface area (Å²) in [5.74, 6) is -0.623. The second-order valence-corrected chi connectivity index (χ2v) is 10.1. The van der Waals surface area contributed by atoms with Crippen LogP contribution in [0.5, 0.6) is 0 Å². The second-order valence-electron chi connectivity index (χ2n) is 10.1. The summed E-state index contributed by atoms with van der Waals surface area (Å²) >= 11 is 0. The number of nitrogens with zero attached hydrogens (tertiary/aromatic N) is 2. The number of halogens is 1. The third kappa shape index (κ3) is 5.15. The fourth-order valence-corrected chi connectivity index (χ4v) is 4.16. The minimum atomic E-state index is -0.735. The van der Waals surface area contributed by atoms with E-state index in [-0.39, 0.29) is 23.6 Å². The summed E-state index contributed by atoms with van der Waals surface area (Å²) in [6, 6.07) is -0.884. The molecular formula is C25H34FN3O4. The number of allylic oxidation sites excluding steroid dienone is 3. The number of likely N-dealkylation sites (N-methyl/N-ethyl adjacent to an activating group) is 1. The number of hydrogen-bond acceptors (Lipinski definition) is 5. The molecule has 1 aliphatic carbocycles. The minimum absolute atomic E-state index is 0.118. The summed E-state index contributed by atoms with van der Waals surface area (Å²) < 4.78 is 20.8. The van der Waals surface area contributed by atoms with Crippen LogP contribution in [0.25, 0.3) is 0 Å². The van der Waals surface area contributed by atoms with E-state index in [1.54, 1.807) is 45.0 Å². The zero-order chi connectivity index (χ0) is 24.7. The molecule has 0 fully saturated rings. The van der Waals surface area contributed by atoms with Gasteiger partial charge in [-0.15, -0.1) is 5.06 Å². The van der Waals surface area contributed by atoms with Crippen LogP contribution in [0.1, 0.15) is 54.9 Å². The van der Waals surface area contributed by atoms with E-state index in [9.17, 15) is 9.59 Å². The Morgan fingerprint density at radius 1 is 1.30 bits per heavy atom. The number of hydrogen-bond donors (Lipinski definition) is 1. The normalized spacial score (nSPS) is 21.2. The van der Waals surface area contributed by atoms with E-state index in [4.69, 9.17) is 9.57 Å². The van der Waals surface area contributed by atoms with Crippen LogP contribution in [-0.4, -0.2) is 46.7 Å². The van der Waals surface area contributed by atoms with Gasteiger partial charge in [-0.05, 0) is 76.3 Å². The van der Waals surface area contributed by atoms with Crippen molar-refractivity contribution in [1.29, 1.82) is 0 Å². The lowest BCUT2D eigenvalue weighted by Crippen LogP contribution is -2.46. The predicted molar refractivity (Wildman–Crippen MR) is 124 cm³/mol. The van der Waals surface area contributed by atoms with Crippen LogP contribution >= 0.6 is 0 Å². The highest BCUT2D eigenvalue weighted by Gasteiger charge is 2.39. The van der Waals surface area contributed by atoms with E-state index < -0.39 is 23.6 Å². The van der Waals surface area contributed by atoms with E-state index in [1.807, 2.05) is 27.7 Å². The first-order valence-electron chi connectivity index (χ1n) is 11.3. The molecule has 0 saturated carbocycles. The molecule has 0 aromatic rings. The highest BCUT2D eigenvalue weighted by molar-refractivity contribution is 6.02. The van der Waals surface area contributed by atoms with Crippen LogP contribution in [0, 0.1) is 5.92 Å². The molecular weight excluding hydrogens is 425 g/mol. The van der Waals surface area contributed by atoms with E-state index >= 15 is 4.39 Å². The molecule has 0 spiro atoms. The number of hydroxylamine groups is 2. The molecule has 7 nitrogen and oxygen atoms in total. The van der Waals surface area contributed by atoms with Gasteiger partial charge in [-0.2, -0.15) is 0 Å². The van der Waals surface area contributed by atoms with Crippen molar-refractivity contribution in [2.24, 2.45) is 5.92 Å². The summed E-state index contributed by atoms with van der Waals surface area (Å²) in [6.07, 6.45) is 6.37. The molecule has 2 aliphatic heterocycles. The molecule has 180 valence electrons. The minimum Gasteiger partial charge on any atom is -0.442 e. The van der Waals surface area contributed by atoms with Gasteiger partial charge in [0.2, 0.25) is 0 Å². The van der Waals surface area contributed by atoms with Crippen molar-refractivity contribution in [3.63, 3.8) is 0 Å². The van der Waals surface area contributed by atoms with Crippen molar-refractivity contribution in [1.82, 2.24) is 15.3 Å². The van der Waals surface area contributed by atoms with E-state index in [0.29, 0.717) is 28.8 Å². The maximum Gasteiger partial charge on any atom is 0.443 e. The van der Waals surface area contributed by atoms with Crippen LogP contribution in [0.3, 0.4) is 0 Å². The second kappa shape index (κ2) is 9.08. The number of carbonyl (C=O) groups is 2. The van der Waals surface area contributed by atoms with Crippen LogP contribution in [-0.2, 0) is 14.4 Å². The van der Waals surface area contributed by atoms with Crippen molar-refractivity contribution in [2.45, 2.75) is 72.6 Å². The van der Waals surface area contributed by atoms with E-state index in [1.165, 1.54) is 12.2 Å². The first-order valence-corrected chi connectivity index (χ1v) is 11.3. The molecule has 3 aliphatic rings. The fourth-order valence-electron chi connectivity index (χ4n) is 4.16. The molecule has 0 bridgehead atoms. The Morgan fingerprint density at radius 2 is 1.97 bits per heavy atom. The quantitative estimate of drug-likeness (QED) is 0.594. The van der Waals surface area contributed by atoms with Gasteiger partial charge in [0.1, 0.15) is 5.60 Å². The van der Waals surface area contributed by atoms with Gasteiger partial charge in [-0.25, -0.2) is 9.18 Å². The maximum absolute atomic E-state index is 15.3. The number of carbonyl (C=O) groups excluding carboxylic acids is 2. The molecule has 33 heavy (non-hydrogen) atoms. The van der Waals surface area contributed by atoms with Crippen LogP contribution in [0.2, 0.25) is 0 Å². The van der Waals surface area contributed by atoms with Gasteiger partial charge in [0.25, 0.3) is 5.91 Å². The van der Waals surface area contributed by atoms with Gasteiger partial charge in [-0.3, -0.25) is 4.79 Å². The lowest BCUT2D eigenvalue weighted by molar-refractivity contribution is -0.139. The lowest BCUT2D eigenvalue weighted by Gasteiger charge is -2.38. The molecule has 8 heteroatoms. The van der Waals surface area contributed by atoms with Gasteiger partial charge in [0.05, 0.1) is 17.7 Å². The van der Waals surface area contributed by atoms with Crippen molar-refractivity contribution >= 4 is 12.0 Å². The summed E-state index contributed by atoms with van der Waals surface area (Å²) in [5, 5.41) is 4.13. The highest BCUT2D eigenvalue weighted by Crippen LogP contribution is 2.38. The number of dihydropyridines is 1. The maximum atomic E-state index is 15.3. The SMILES string of the molecule is CC1=C2C(=O)N(C)C3C=C(ON(C(=O)OC(C)(C)C)[C@@H](C)CC(C)C)C(F)=CC3=C2C=CN1. The van der Waals surface area contributed by atoms with Crippen LogP contribution < -0.4 is 5.32 Å². The Hall–Kier alpha value is -3.03. The van der Waals surface area contributed by atoms with E-state index in [0.717, 1.165) is 5.06 Å². The van der Waals surface area contributed by atoms with Crippen molar-refractivity contribution in [2.75, 3.05) is 7.05 Å². The largest absolute Gasteiger partial charge is 0.443 e. The highest BCUT2D eigenvalue weighted by atomic mass is 19.1. The lowest BCUT2D eigenvalue weighted by atomic mass is 9.84. The Morgan fingerprint density at radius 3 is 2.58 bits per heavy atom. The molecule has 3 rings (SSSR count). The Balaban J connectivity index is 1.97. The van der Waals surface area contributed by atoms with Gasteiger partial charge in [-0.1, -0.05) is 13.8 Å². The Labute approximate surface area is 195 Å². The van der Waals surface area contributed by atoms with Crippen molar-refractivity contribution in [3.8, 4) is 0 Å². The number of nitrogens with one attached hydrogen (secondary N) is 1. The molecule has 1 N–H and O–H groups in total. The molecule has 0 saturated heterocycles. The first-order chi connectivity index (χ1) is 15.3. The zero-order valence-electron chi connectivity index (χ0n) is 20.7.